The molecule has 5 nitrogen and oxygen atoms in total. The van der Waals surface area contributed by atoms with E-state index in [2.05, 4.69) is 11.1 Å². The number of likely N-dealkylation sites (N-methyl/N-ethyl adjacent to an activating group) is 1. The summed E-state index contributed by atoms with van der Waals surface area (Å²) in [6.07, 6.45) is 0.217. The third-order valence-electron chi connectivity index (χ3n) is 3.92. The highest BCUT2D eigenvalue weighted by Gasteiger charge is 2.26. The third kappa shape index (κ3) is 4.07. The zero-order chi connectivity index (χ0) is 16.4. The number of hydrogen-bond donors (Lipinski definition) is 0. The van der Waals surface area contributed by atoms with Gasteiger partial charge >= 0.3 is 0 Å². The van der Waals surface area contributed by atoms with Gasteiger partial charge in [-0.15, -0.1) is 11.3 Å². The Bertz CT molecular complexity index is 644. The van der Waals surface area contributed by atoms with Gasteiger partial charge in [0.05, 0.1) is 35.5 Å². The molecule has 1 amide bonds. The quantitative estimate of drug-likeness (QED) is 0.862. The first-order chi connectivity index (χ1) is 11.0. The second-order valence-electron chi connectivity index (χ2n) is 6.30. The minimum atomic E-state index is 0.109. The molecule has 0 radical (unpaired) electrons. The molecule has 1 aromatic carbocycles. The van der Waals surface area contributed by atoms with Gasteiger partial charge in [0.2, 0.25) is 5.91 Å². The Morgan fingerprint density at radius 1 is 1.35 bits per heavy atom. The van der Waals surface area contributed by atoms with E-state index in [4.69, 9.17) is 4.74 Å². The lowest BCUT2D eigenvalue weighted by Crippen LogP contribution is -2.50. The van der Waals surface area contributed by atoms with Crippen LogP contribution in [0.2, 0.25) is 0 Å². The molecule has 1 aromatic heterocycles. The van der Waals surface area contributed by atoms with E-state index >= 15 is 0 Å². The van der Waals surface area contributed by atoms with E-state index in [0.717, 1.165) is 10.5 Å². The standard InChI is InChI=1S/C17H23N3O2S/c1-12-8-20(9-13(2)22-12)17(21)11-19(3)10-16-18-14-6-4-5-7-15(14)23-16/h4-7,12-13H,8-11H2,1-3H3/t12-,13-/m1/s1. The van der Waals surface area contributed by atoms with E-state index in [1.807, 2.05) is 48.9 Å². The van der Waals surface area contributed by atoms with Gasteiger partial charge in [-0.25, -0.2) is 4.98 Å². The molecule has 23 heavy (non-hydrogen) atoms. The number of para-hydroxylation sites is 1. The van der Waals surface area contributed by atoms with Crippen molar-refractivity contribution in [2.75, 3.05) is 26.7 Å². The molecule has 3 rings (SSSR count). The summed E-state index contributed by atoms with van der Waals surface area (Å²) < 4.78 is 6.88. The average Bonchev–Trinajstić information content (AvgIpc) is 2.87. The van der Waals surface area contributed by atoms with Gasteiger partial charge in [0.25, 0.3) is 0 Å². The van der Waals surface area contributed by atoms with Gasteiger partial charge in [-0.05, 0) is 33.0 Å². The van der Waals surface area contributed by atoms with Crippen LogP contribution in [0.25, 0.3) is 10.2 Å². The maximum Gasteiger partial charge on any atom is 0.236 e. The number of morpholine rings is 1. The van der Waals surface area contributed by atoms with Crippen LogP contribution in [0.4, 0.5) is 0 Å². The topological polar surface area (TPSA) is 45.7 Å². The maximum absolute atomic E-state index is 12.5. The van der Waals surface area contributed by atoms with Crippen molar-refractivity contribution < 1.29 is 9.53 Å². The molecule has 0 unspecified atom stereocenters. The van der Waals surface area contributed by atoms with Gasteiger partial charge in [-0.3, -0.25) is 9.69 Å². The molecule has 1 saturated heterocycles. The highest BCUT2D eigenvalue weighted by molar-refractivity contribution is 7.18. The van der Waals surface area contributed by atoms with Gasteiger partial charge in [-0.1, -0.05) is 12.1 Å². The minimum Gasteiger partial charge on any atom is -0.372 e. The summed E-state index contributed by atoms with van der Waals surface area (Å²) in [6.45, 7) is 6.49. The zero-order valence-electron chi connectivity index (χ0n) is 13.9. The van der Waals surface area contributed by atoms with Gasteiger partial charge in [0, 0.05) is 13.1 Å². The average molecular weight is 333 g/mol. The summed E-state index contributed by atoms with van der Waals surface area (Å²) >= 11 is 1.69. The lowest BCUT2D eigenvalue weighted by Gasteiger charge is -2.36. The number of ether oxygens (including phenoxy) is 1. The van der Waals surface area contributed by atoms with Crippen LogP contribution >= 0.6 is 11.3 Å². The Kier molecular flexibility index (Phi) is 4.94. The number of fused-ring (bicyclic) bond motifs is 1. The summed E-state index contributed by atoms with van der Waals surface area (Å²) in [7, 11) is 1.97. The Labute approximate surface area is 140 Å². The number of rotatable bonds is 4. The summed E-state index contributed by atoms with van der Waals surface area (Å²) in [4.78, 5) is 21.0. The van der Waals surface area contributed by atoms with Crippen LogP contribution in [0, 0.1) is 0 Å². The fraction of sp³-hybridized carbons (Fsp3) is 0.529. The van der Waals surface area contributed by atoms with Crippen LogP contribution < -0.4 is 0 Å². The summed E-state index contributed by atoms with van der Waals surface area (Å²) in [5.41, 5.74) is 1.03. The normalized spacial score (nSPS) is 22.0. The number of carbonyl (C=O) groups excluding carboxylic acids is 1. The smallest absolute Gasteiger partial charge is 0.236 e. The predicted molar refractivity (Wildman–Crippen MR) is 92.5 cm³/mol. The van der Waals surface area contributed by atoms with Crippen LogP contribution in [0.3, 0.4) is 0 Å². The SMILES string of the molecule is C[C@@H]1CN(C(=O)CN(C)Cc2nc3ccccc3s2)C[C@@H](C)O1. The number of hydrogen-bond acceptors (Lipinski definition) is 5. The van der Waals surface area contributed by atoms with Crippen LogP contribution in [0.5, 0.6) is 0 Å². The van der Waals surface area contributed by atoms with E-state index in [1.54, 1.807) is 11.3 Å². The van der Waals surface area contributed by atoms with Crippen molar-refractivity contribution in [2.24, 2.45) is 0 Å². The van der Waals surface area contributed by atoms with Crippen molar-refractivity contribution in [3.8, 4) is 0 Å². The zero-order valence-corrected chi connectivity index (χ0v) is 14.7. The van der Waals surface area contributed by atoms with E-state index in [0.29, 0.717) is 26.2 Å². The van der Waals surface area contributed by atoms with Crippen molar-refractivity contribution in [1.29, 1.82) is 0 Å². The van der Waals surface area contributed by atoms with Crippen molar-refractivity contribution >= 4 is 27.5 Å². The molecule has 0 aliphatic carbocycles. The number of benzene rings is 1. The summed E-state index contributed by atoms with van der Waals surface area (Å²) in [5, 5.41) is 1.05. The van der Waals surface area contributed by atoms with Gasteiger partial charge in [0.1, 0.15) is 5.01 Å². The van der Waals surface area contributed by atoms with Gasteiger partial charge in [-0.2, -0.15) is 0 Å². The second kappa shape index (κ2) is 6.95. The van der Waals surface area contributed by atoms with Gasteiger partial charge < -0.3 is 9.64 Å². The van der Waals surface area contributed by atoms with E-state index in [9.17, 15) is 4.79 Å². The van der Waals surface area contributed by atoms with E-state index in [1.165, 1.54) is 4.70 Å². The van der Waals surface area contributed by atoms with Crippen LogP contribution in [0.1, 0.15) is 18.9 Å². The lowest BCUT2D eigenvalue weighted by atomic mass is 10.2. The highest BCUT2D eigenvalue weighted by atomic mass is 32.1. The Hall–Kier alpha value is -1.50. The molecule has 0 N–H and O–H groups in total. The molecule has 1 aliphatic heterocycles. The molecule has 2 atom stereocenters. The Morgan fingerprint density at radius 2 is 2.04 bits per heavy atom. The molecule has 6 heteroatoms. The molecular weight excluding hydrogens is 310 g/mol. The number of carbonyl (C=O) groups is 1. The van der Waals surface area contributed by atoms with Crippen molar-refractivity contribution in [3.05, 3.63) is 29.3 Å². The molecule has 2 aromatic rings. The molecule has 124 valence electrons. The lowest BCUT2D eigenvalue weighted by molar-refractivity contribution is -0.144. The Morgan fingerprint density at radius 3 is 2.74 bits per heavy atom. The summed E-state index contributed by atoms with van der Waals surface area (Å²) in [6, 6.07) is 8.13. The number of amides is 1. The number of nitrogens with zero attached hydrogens (tertiary/aromatic N) is 3. The second-order valence-corrected chi connectivity index (χ2v) is 7.42. The number of thiazole rings is 1. The van der Waals surface area contributed by atoms with Crippen molar-refractivity contribution in [3.63, 3.8) is 0 Å². The summed E-state index contributed by atoms with van der Waals surface area (Å²) in [5.74, 6) is 0.163. The van der Waals surface area contributed by atoms with Crippen LogP contribution in [-0.2, 0) is 16.1 Å². The predicted octanol–water partition coefficient (Wildman–Crippen LogP) is 2.36. The first kappa shape index (κ1) is 16.4. The molecule has 1 fully saturated rings. The molecule has 0 saturated carbocycles. The molecule has 1 aliphatic rings. The van der Waals surface area contributed by atoms with Gasteiger partial charge in [0.15, 0.2) is 0 Å². The molecule has 0 bridgehead atoms. The van der Waals surface area contributed by atoms with Crippen molar-refractivity contribution in [1.82, 2.24) is 14.8 Å². The number of aromatic nitrogens is 1. The largest absolute Gasteiger partial charge is 0.372 e. The Balaban J connectivity index is 1.58. The van der Waals surface area contributed by atoms with E-state index < -0.39 is 0 Å². The maximum atomic E-state index is 12.5. The van der Waals surface area contributed by atoms with Crippen molar-refractivity contribution in [2.45, 2.75) is 32.6 Å². The fourth-order valence-electron chi connectivity index (χ4n) is 2.99. The van der Waals surface area contributed by atoms with Crippen LogP contribution in [0.15, 0.2) is 24.3 Å². The first-order valence-corrected chi connectivity index (χ1v) is 8.79. The molecule has 2 heterocycles. The third-order valence-corrected chi connectivity index (χ3v) is 4.94. The van der Waals surface area contributed by atoms with Crippen LogP contribution in [-0.4, -0.2) is 59.6 Å². The molecular formula is C17H23N3O2S. The first-order valence-electron chi connectivity index (χ1n) is 7.97. The highest BCUT2D eigenvalue weighted by Crippen LogP contribution is 2.22. The monoisotopic (exact) mass is 333 g/mol. The van der Waals surface area contributed by atoms with E-state index in [-0.39, 0.29) is 18.1 Å². The fourth-order valence-corrected chi connectivity index (χ4v) is 4.03. The molecule has 0 spiro atoms. The minimum absolute atomic E-state index is 0.109.